The van der Waals surface area contributed by atoms with Gasteiger partial charge in [0.25, 0.3) is 0 Å². The summed E-state index contributed by atoms with van der Waals surface area (Å²) in [6.07, 6.45) is 4.24. The molecule has 0 atom stereocenters. The van der Waals surface area contributed by atoms with Crippen molar-refractivity contribution >= 4 is 49.1 Å². The van der Waals surface area contributed by atoms with Gasteiger partial charge in [-0.25, -0.2) is 4.98 Å². The van der Waals surface area contributed by atoms with Crippen LogP contribution in [0.4, 0.5) is 5.82 Å². The first-order valence-electron chi connectivity index (χ1n) is 7.12. The number of fused-ring (bicyclic) bond motifs is 3. The second kappa shape index (κ2) is 4.78. The lowest BCUT2D eigenvalue weighted by molar-refractivity contribution is 0.947. The normalized spacial score (nSPS) is 15.5. The molecule has 0 spiro atoms. The highest BCUT2D eigenvalue weighted by molar-refractivity contribution is 7.26. The first kappa shape index (κ1) is 13.2. The zero-order valence-corrected chi connectivity index (χ0v) is 13.6. The van der Waals surface area contributed by atoms with E-state index in [9.17, 15) is 0 Å². The van der Waals surface area contributed by atoms with Gasteiger partial charge in [0.1, 0.15) is 10.6 Å². The van der Waals surface area contributed by atoms with Crippen molar-refractivity contribution in [2.45, 2.75) is 26.7 Å². The molecule has 0 amide bonds. The average Bonchev–Trinajstić information content (AvgIpc) is 3.11. The van der Waals surface area contributed by atoms with E-state index in [1.165, 1.54) is 12.8 Å². The molecule has 108 valence electrons. The van der Waals surface area contributed by atoms with Crippen molar-refractivity contribution in [2.75, 3.05) is 18.0 Å². The molecule has 0 N–H and O–H groups in total. The van der Waals surface area contributed by atoms with Crippen LogP contribution in [-0.2, 0) is 0 Å². The van der Waals surface area contributed by atoms with Crippen molar-refractivity contribution in [3.8, 4) is 0 Å². The Morgan fingerprint density at radius 1 is 1.14 bits per heavy atom. The molecule has 0 radical (unpaired) electrons. The number of anilines is 1. The maximum atomic E-state index is 6.46. The summed E-state index contributed by atoms with van der Waals surface area (Å²) in [6.45, 7) is 6.22. The van der Waals surface area contributed by atoms with E-state index in [2.05, 4.69) is 27.0 Å². The first-order valence-corrected chi connectivity index (χ1v) is 8.32. The van der Waals surface area contributed by atoms with Crippen LogP contribution in [0.5, 0.6) is 0 Å². The predicted molar refractivity (Wildman–Crippen MR) is 88.6 cm³/mol. The molecule has 6 heteroatoms. The average molecular weight is 319 g/mol. The summed E-state index contributed by atoms with van der Waals surface area (Å²) < 4.78 is 1.14. The van der Waals surface area contributed by atoms with Gasteiger partial charge in [0, 0.05) is 30.1 Å². The number of nitrogens with zero attached hydrogens (tertiary/aromatic N) is 4. The molecule has 0 aromatic carbocycles. The summed E-state index contributed by atoms with van der Waals surface area (Å²) >= 11 is 8.11. The Labute approximate surface area is 131 Å². The Kier molecular flexibility index (Phi) is 3.01. The van der Waals surface area contributed by atoms with Gasteiger partial charge < -0.3 is 4.90 Å². The second-order valence-electron chi connectivity index (χ2n) is 5.52. The van der Waals surface area contributed by atoms with Crippen LogP contribution in [0.1, 0.15) is 24.1 Å². The van der Waals surface area contributed by atoms with Gasteiger partial charge in [-0.2, -0.15) is 5.10 Å². The van der Waals surface area contributed by atoms with Crippen LogP contribution >= 0.6 is 22.9 Å². The Bertz CT molecular complexity index is 852. The molecule has 1 aliphatic heterocycles. The van der Waals surface area contributed by atoms with E-state index >= 15 is 0 Å². The molecule has 4 heterocycles. The SMILES string of the molecule is Cc1nnc2sc3c(N4CCCC4)ncc(Cl)c3c2c1C. The molecule has 4 nitrogen and oxygen atoms in total. The Morgan fingerprint density at radius 2 is 1.90 bits per heavy atom. The number of aryl methyl sites for hydroxylation is 2. The number of hydrogen-bond acceptors (Lipinski definition) is 5. The van der Waals surface area contributed by atoms with Crippen LogP contribution in [-0.4, -0.2) is 28.3 Å². The smallest absolute Gasteiger partial charge is 0.147 e. The number of halogens is 1. The lowest BCUT2D eigenvalue weighted by atomic mass is 10.1. The fourth-order valence-electron chi connectivity index (χ4n) is 2.99. The standard InChI is InChI=1S/C15H15ClN4S/c1-8-9(2)18-19-15-11(8)12-10(16)7-17-14(13(12)21-15)20-5-3-4-6-20/h7H,3-6H2,1-2H3. The summed E-state index contributed by atoms with van der Waals surface area (Å²) in [6, 6.07) is 0. The topological polar surface area (TPSA) is 41.9 Å². The highest BCUT2D eigenvalue weighted by Crippen LogP contribution is 2.43. The molecule has 1 fully saturated rings. The molecular weight excluding hydrogens is 304 g/mol. The number of hydrogen-bond donors (Lipinski definition) is 0. The molecule has 1 aliphatic rings. The van der Waals surface area contributed by atoms with E-state index in [1.807, 2.05) is 6.92 Å². The number of pyridine rings is 1. The summed E-state index contributed by atoms with van der Waals surface area (Å²) in [5.74, 6) is 1.05. The van der Waals surface area contributed by atoms with E-state index in [1.54, 1.807) is 17.5 Å². The zero-order valence-electron chi connectivity index (χ0n) is 12.0. The van der Waals surface area contributed by atoms with E-state index in [0.29, 0.717) is 5.02 Å². The summed E-state index contributed by atoms with van der Waals surface area (Å²) in [4.78, 5) is 7.89. The number of rotatable bonds is 1. The fraction of sp³-hybridized carbons (Fsp3) is 0.400. The fourth-order valence-corrected chi connectivity index (χ4v) is 4.51. The van der Waals surface area contributed by atoms with Gasteiger partial charge in [-0.3, -0.25) is 0 Å². The van der Waals surface area contributed by atoms with Gasteiger partial charge in [-0.15, -0.1) is 16.4 Å². The van der Waals surface area contributed by atoms with E-state index in [0.717, 1.165) is 50.5 Å². The molecule has 3 aromatic heterocycles. The van der Waals surface area contributed by atoms with Gasteiger partial charge in [0.2, 0.25) is 0 Å². The molecular formula is C15H15ClN4S. The van der Waals surface area contributed by atoms with Gasteiger partial charge in [-0.1, -0.05) is 11.6 Å². The molecule has 0 aliphatic carbocycles. The first-order chi connectivity index (χ1) is 10.2. The van der Waals surface area contributed by atoms with Gasteiger partial charge in [0.05, 0.1) is 15.4 Å². The molecule has 0 unspecified atom stereocenters. The number of thiophene rings is 1. The monoisotopic (exact) mass is 318 g/mol. The summed E-state index contributed by atoms with van der Waals surface area (Å²) in [7, 11) is 0. The minimum atomic E-state index is 0.703. The van der Waals surface area contributed by atoms with Crippen molar-refractivity contribution in [3.05, 3.63) is 22.5 Å². The van der Waals surface area contributed by atoms with Crippen molar-refractivity contribution in [2.24, 2.45) is 0 Å². The quantitative estimate of drug-likeness (QED) is 0.677. The minimum Gasteiger partial charge on any atom is -0.355 e. The molecule has 4 rings (SSSR count). The van der Waals surface area contributed by atoms with Crippen LogP contribution in [0.3, 0.4) is 0 Å². The van der Waals surface area contributed by atoms with Crippen LogP contribution in [0.25, 0.3) is 20.3 Å². The van der Waals surface area contributed by atoms with Crippen LogP contribution in [0.2, 0.25) is 5.02 Å². The van der Waals surface area contributed by atoms with Crippen LogP contribution in [0, 0.1) is 13.8 Å². The zero-order chi connectivity index (χ0) is 14.6. The van der Waals surface area contributed by atoms with E-state index in [-0.39, 0.29) is 0 Å². The van der Waals surface area contributed by atoms with Crippen molar-refractivity contribution in [3.63, 3.8) is 0 Å². The molecule has 0 bridgehead atoms. The Hall–Kier alpha value is -1.46. The van der Waals surface area contributed by atoms with E-state index < -0.39 is 0 Å². The molecule has 0 saturated carbocycles. The Balaban J connectivity index is 2.11. The van der Waals surface area contributed by atoms with Crippen molar-refractivity contribution in [1.29, 1.82) is 0 Å². The summed E-state index contributed by atoms with van der Waals surface area (Å²) in [5.41, 5.74) is 2.12. The van der Waals surface area contributed by atoms with Gasteiger partial charge in [0.15, 0.2) is 0 Å². The van der Waals surface area contributed by atoms with E-state index in [4.69, 9.17) is 11.6 Å². The van der Waals surface area contributed by atoms with Crippen molar-refractivity contribution < 1.29 is 0 Å². The largest absolute Gasteiger partial charge is 0.355 e. The molecule has 1 saturated heterocycles. The van der Waals surface area contributed by atoms with Crippen LogP contribution < -0.4 is 4.90 Å². The lowest BCUT2D eigenvalue weighted by Gasteiger charge is -2.17. The molecule has 21 heavy (non-hydrogen) atoms. The maximum Gasteiger partial charge on any atom is 0.147 e. The third kappa shape index (κ3) is 1.91. The van der Waals surface area contributed by atoms with Gasteiger partial charge >= 0.3 is 0 Å². The van der Waals surface area contributed by atoms with Gasteiger partial charge in [-0.05, 0) is 32.3 Å². The van der Waals surface area contributed by atoms with Crippen LogP contribution in [0.15, 0.2) is 6.20 Å². The highest BCUT2D eigenvalue weighted by atomic mass is 35.5. The number of aromatic nitrogens is 3. The second-order valence-corrected chi connectivity index (χ2v) is 6.93. The third-order valence-electron chi connectivity index (χ3n) is 4.25. The highest BCUT2D eigenvalue weighted by Gasteiger charge is 2.22. The summed E-state index contributed by atoms with van der Waals surface area (Å²) in [5, 5.41) is 11.5. The van der Waals surface area contributed by atoms with Crippen molar-refractivity contribution in [1.82, 2.24) is 15.2 Å². The maximum absolute atomic E-state index is 6.46. The Morgan fingerprint density at radius 3 is 2.67 bits per heavy atom. The predicted octanol–water partition coefficient (Wildman–Crippen LogP) is 4.11. The molecule has 3 aromatic rings. The lowest BCUT2D eigenvalue weighted by Crippen LogP contribution is -2.18. The minimum absolute atomic E-state index is 0.703. The third-order valence-corrected chi connectivity index (χ3v) is 5.60.